The van der Waals surface area contributed by atoms with Crippen LogP contribution in [0, 0.1) is 0 Å². The van der Waals surface area contributed by atoms with Crippen LogP contribution in [0.4, 0.5) is 0 Å². The van der Waals surface area contributed by atoms with E-state index in [0.29, 0.717) is 6.04 Å². The SMILES string of the molecule is C/C=C(/C(c1ccccc1)N1CCNC1)C(C)(C)N1CCNCC1. The third kappa shape index (κ3) is 3.57. The van der Waals surface area contributed by atoms with Crippen molar-refractivity contribution in [3.63, 3.8) is 0 Å². The summed E-state index contributed by atoms with van der Waals surface area (Å²) in [5, 5.41) is 6.99. The van der Waals surface area contributed by atoms with E-state index in [2.05, 4.69) is 77.6 Å². The Morgan fingerprint density at radius 1 is 1.04 bits per heavy atom. The molecule has 1 atom stereocenters. The number of allylic oxidation sites excluding steroid dienone is 1. The largest absolute Gasteiger partial charge is 0.314 e. The van der Waals surface area contributed by atoms with Crippen molar-refractivity contribution in [3.05, 3.63) is 47.5 Å². The second-order valence-electron chi connectivity index (χ2n) is 7.32. The first kappa shape index (κ1) is 17.6. The topological polar surface area (TPSA) is 30.5 Å². The molecular weight excluding hydrogens is 296 g/mol. The van der Waals surface area contributed by atoms with E-state index in [4.69, 9.17) is 0 Å². The Bertz CT molecular complexity index is 540. The number of nitrogens with zero attached hydrogens (tertiary/aromatic N) is 2. The minimum absolute atomic E-state index is 0.0555. The maximum Gasteiger partial charge on any atom is 0.0591 e. The Balaban J connectivity index is 1.94. The fraction of sp³-hybridized carbons (Fsp3) is 0.600. The van der Waals surface area contributed by atoms with Gasteiger partial charge in [-0.1, -0.05) is 36.4 Å². The first-order valence-corrected chi connectivity index (χ1v) is 9.26. The quantitative estimate of drug-likeness (QED) is 0.812. The summed E-state index contributed by atoms with van der Waals surface area (Å²) in [6.45, 7) is 14.5. The van der Waals surface area contributed by atoms with E-state index in [1.54, 1.807) is 0 Å². The van der Waals surface area contributed by atoms with Crippen molar-refractivity contribution in [3.8, 4) is 0 Å². The van der Waals surface area contributed by atoms with E-state index >= 15 is 0 Å². The molecule has 0 aliphatic carbocycles. The van der Waals surface area contributed by atoms with Crippen LogP contribution in [-0.4, -0.2) is 61.3 Å². The molecule has 2 aliphatic rings. The third-order valence-corrected chi connectivity index (χ3v) is 5.59. The summed E-state index contributed by atoms with van der Waals surface area (Å²) in [6, 6.07) is 11.3. The fourth-order valence-electron chi connectivity index (χ4n) is 4.22. The van der Waals surface area contributed by atoms with Crippen molar-refractivity contribution < 1.29 is 0 Å². The molecular formula is C20H32N4. The molecule has 2 N–H and O–H groups in total. The van der Waals surface area contributed by atoms with E-state index < -0.39 is 0 Å². The highest BCUT2D eigenvalue weighted by molar-refractivity contribution is 5.34. The zero-order chi connectivity index (χ0) is 17.0. The molecule has 132 valence electrons. The second-order valence-corrected chi connectivity index (χ2v) is 7.32. The Hall–Kier alpha value is -1.20. The molecule has 24 heavy (non-hydrogen) atoms. The Kier molecular flexibility index (Phi) is 5.72. The predicted octanol–water partition coefficient (Wildman–Crippen LogP) is 2.22. The summed E-state index contributed by atoms with van der Waals surface area (Å²) in [4.78, 5) is 5.22. The number of benzene rings is 1. The number of nitrogens with one attached hydrogen (secondary N) is 2. The molecule has 1 aromatic rings. The molecule has 0 aromatic heterocycles. The summed E-state index contributed by atoms with van der Waals surface area (Å²) in [5.74, 6) is 0. The van der Waals surface area contributed by atoms with Crippen LogP contribution in [0.15, 0.2) is 42.0 Å². The molecule has 2 heterocycles. The lowest BCUT2D eigenvalue weighted by atomic mass is 9.82. The smallest absolute Gasteiger partial charge is 0.0591 e. The van der Waals surface area contributed by atoms with Crippen molar-refractivity contribution in [1.29, 1.82) is 0 Å². The van der Waals surface area contributed by atoms with E-state index in [1.165, 1.54) is 11.1 Å². The molecule has 0 saturated carbocycles. The summed E-state index contributed by atoms with van der Waals surface area (Å²) >= 11 is 0. The second kappa shape index (κ2) is 7.79. The van der Waals surface area contributed by atoms with Crippen LogP contribution in [0.25, 0.3) is 0 Å². The molecule has 0 amide bonds. The van der Waals surface area contributed by atoms with Crippen LogP contribution in [0.3, 0.4) is 0 Å². The van der Waals surface area contributed by atoms with E-state index in [9.17, 15) is 0 Å². The zero-order valence-electron chi connectivity index (χ0n) is 15.4. The number of hydrogen-bond acceptors (Lipinski definition) is 4. The van der Waals surface area contributed by atoms with Gasteiger partial charge in [0.25, 0.3) is 0 Å². The third-order valence-electron chi connectivity index (χ3n) is 5.59. The van der Waals surface area contributed by atoms with Crippen molar-refractivity contribution in [2.24, 2.45) is 0 Å². The van der Waals surface area contributed by atoms with Crippen LogP contribution in [0.2, 0.25) is 0 Å². The van der Waals surface area contributed by atoms with Gasteiger partial charge < -0.3 is 10.6 Å². The molecule has 2 fully saturated rings. The Morgan fingerprint density at radius 2 is 1.71 bits per heavy atom. The van der Waals surface area contributed by atoms with Gasteiger partial charge >= 0.3 is 0 Å². The van der Waals surface area contributed by atoms with Gasteiger partial charge in [-0.25, -0.2) is 0 Å². The average Bonchev–Trinajstić information content (AvgIpc) is 3.15. The normalized spacial score (nSPS) is 22.7. The van der Waals surface area contributed by atoms with Crippen LogP contribution in [0.5, 0.6) is 0 Å². The highest BCUT2D eigenvalue weighted by Gasteiger charge is 2.38. The van der Waals surface area contributed by atoms with Crippen molar-refractivity contribution in [2.75, 3.05) is 45.9 Å². The van der Waals surface area contributed by atoms with E-state index in [1.807, 2.05) is 0 Å². The van der Waals surface area contributed by atoms with Crippen LogP contribution >= 0.6 is 0 Å². The maximum atomic E-state index is 3.51. The summed E-state index contributed by atoms with van der Waals surface area (Å²) in [7, 11) is 0. The minimum atomic E-state index is 0.0555. The lowest BCUT2D eigenvalue weighted by Crippen LogP contribution is -2.55. The Labute approximate surface area is 146 Å². The molecule has 2 saturated heterocycles. The highest BCUT2D eigenvalue weighted by Crippen LogP contribution is 2.38. The monoisotopic (exact) mass is 328 g/mol. The van der Waals surface area contributed by atoms with Gasteiger partial charge in [0.2, 0.25) is 0 Å². The van der Waals surface area contributed by atoms with Crippen LogP contribution in [-0.2, 0) is 0 Å². The van der Waals surface area contributed by atoms with Gasteiger partial charge in [0.05, 0.1) is 6.04 Å². The van der Waals surface area contributed by atoms with Gasteiger partial charge in [0.1, 0.15) is 0 Å². The van der Waals surface area contributed by atoms with E-state index in [0.717, 1.165) is 45.9 Å². The summed E-state index contributed by atoms with van der Waals surface area (Å²) in [6.07, 6.45) is 2.36. The maximum absolute atomic E-state index is 3.51. The number of hydrogen-bond donors (Lipinski definition) is 2. The van der Waals surface area contributed by atoms with Crippen LogP contribution < -0.4 is 10.6 Å². The first-order valence-electron chi connectivity index (χ1n) is 9.26. The Morgan fingerprint density at radius 3 is 2.29 bits per heavy atom. The first-order chi connectivity index (χ1) is 11.6. The van der Waals surface area contributed by atoms with Gasteiger partial charge in [-0.2, -0.15) is 0 Å². The molecule has 1 aromatic carbocycles. The van der Waals surface area contributed by atoms with Gasteiger partial charge in [-0.05, 0) is 31.9 Å². The molecule has 0 radical (unpaired) electrons. The summed E-state index contributed by atoms with van der Waals surface area (Å²) < 4.78 is 0. The van der Waals surface area contributed by atoms with Crippen molar-refractivity contribution in [2.45, 2.75) is 32.4 Å². The summed E-state index contributed by atoms with van der Waals surface area (Å²) in [5.41, 5.74) is 2.97. The molecule has 2 aliphatic heterocycles. The van der Waals surface area contributed by atoms with Gasteiger partial charge in [-0.3, -0.25) is 9.80 Å². The van der Waals surface area contributed by atoms with Crippen LogP contribution in [0.1, 0.15) is 32.4 Å². The average molecular weight is 329 g/mol. The molecule has 0 bridgehead atoms. The van der Waals surface area contributed by atoms with Crippen molar-refractivity contribution in [1.82, 2.24) is 20.4 Å². The molecule has 4 heteroatoms. The zero-order valence-corrected chi connectivity index (χ0v) is 15.4. The predicted molar refractivity (Wildman–Crippen MR) is 101 cm³/mol. The fourth-order valence-corrected chi connectivity index (χ4v) is 4.22. The standard InChI is InChI=1S/C20H32N4/c1-4-18(20(2,3)24-14-11-21-12-15-24)19(23-13-10-22-16-23)17-8-6-5-7-9-17/h4-9,19,21-22H,10-16H2,1-3H3/b18-4-. The lowest BCUT2D eigenvalue weighted by Gasteiger charge is -2.46. The van der Waals surface area contributed by atoms with Gasteiger partial charge in [0.15, 0.2) is 0 Å². The number of rotatable bonds is 5. The highest BCUT2D eigenvalue weighted by atomic mass is 15.3. The van der Waals surface area contributed by atoms with Crippen molar-refractivity contribution >= 4 is 0 Å². The molecule has 1 unspecified atom stereocenters. The number of piperazine rings is 1. The molecule has 4 nitrogen and oxygen atoms in total. The molecule has 3 rings (SSSR count). The van der Waals surface area contributed by atoms with E-state index in [-0.39, 0.29) is 5.54 Å². The molecule has 0 spiro atoms. The van der Waals surface area contributed by atoms with Gasteiger partial charge in [0, 0.05) is 51.5 Å². The lowest BCUT2D eigenvalue weighted by molar-refractivity contribution is 0.112. The van der Waals surface area contributed by atoms with Gasteiger partial charge in [-0.15, -0.1) is 0 Å². The minimum Gasteiger partial charge on any atom is -0.314 e.